The predicted octanol–water partition coefficient (Wildman–Crippen LogP) is 2.29. The van der Waals surface area contributed by atoms with E-state index >= 15 is 0 Å². The van der Waals surface area contributed by atoms with Crippen molar-refractivity contribution in [1.29, 1.82) is 0 Å². The maximum absolute atomic E-state index is 12.7. The second-order valence-electron chi connectivity index (χ2n) is 4.61. The highest BCUT2D eigenvalue weighted by Crippen LogP contribution is 2.23. The number of benzene rings is 1. The van der Waals surface area contributed by atoms with E-state index in [1.807, 2.05) is 12.1 Å². The van der Waals surface area contributed by atoms with Crippen LogP contribution in [-0.4, -0.2) is 22.6 Å². The lowest BCUT2D eigenvalue weighted by Crippen LogP contribution is -2.16. The van der Waals surface area contributed by atoms with E-state index in [0.29, 0.717) is 16.9 Å². The van der Waals surface area contributed by atoms with E-state index in [2.05, 4.69) is 10.1 Å². The molecule has 102 valence electrons. The van der Waals surface area contributed by atoms with Crippen molar-refractivity contribution >= 4 is 20.9 Å². The van der Waals surface area contributed by atoms with E-state index in [-0.39, 0.29) is 4.90 Å². The van der Waals surface area contributed by atoms with Gasteiger partial charge in [0.1, 0.15) is 4.90 Å². The van der Waals surface area contributed by atoms with Crippen LogP contribution < -0.4 is 0 Å². The quantitative estimate of drug-likeness (QED) is 0.725. The minimum Gasteiger partial charge on any atom is -0.255 e. The Morgan fingerprint density at radius 1 is 1.10 bits per heavy atom. The Kier molecular flexibility index (Phi) is 2.83. The molecule has 0 bridgehead atoms. The number of aromatic nitrogens is 3. The van der Waals surface area contributed by atoms with Gasteiger partial charge in [-0.15, -0.1) is 0 Å². The molecular formula is C14H13N3O2S. The minimum absolute atomic E-state index is 0.168. The first-order valence-electron chi connectivity index (χ1n) is 6.13. The summed E-state index contributed by atoms with van der Waals surface area (Å²) in [7, 11) is -3.73. The molecule has 3 rings (SSSR count). The molecule has 0 aliphatic rings. The molecule has 1 aromatic carbocycles. The van der Waals surface area contributed by atoms with Crippen molar-refractivity contribution in [3.8, 4) is 0 Å². The van der Waals surface area contributed by atoms with Crippen molar-refractivity contribution in [3.63, 3.8) is 0 Å². The van der Waals surface area contributed by atoms with Gasteiger partial charge in [0.25, 0.3) is 10.0 Å². The molecule has 0 saturated carbocycles. The molecule has 0 aliphatic heterocycles. The number of hydrogen-bond acceptors (Lipinski definition) is 4. The highest BCUT2D eigenvalue weighted by molar-refractivity contribution is 7.90. The Bertz CT molecular complexity index is 892. The van der Waals surface area contributed by atoms with Crippen LogP contribution in [0.4, 0.5) is 0 Å². The van der Waals surface area contributed by atoms with Crippen LogP contribution in [0.25, 0.3) is 10.9 Å². The topological polar surface area (TPSA) is 64.8 Å². The summed E-state index contributed by atoms with van der Waals surface area (Å²) in [5, 5.41) is 4.85. The Balaban J connectivity index is 2.32. The third-order valence-corrected chi connectivity index (χ3v) is 4.78. The van der Waals surface area contributed by atoms with Gasteiger partial charge in [0.2, 0.25) is 0 Å². The summed E-state index contributed by atoms with van der Waals surface area (Å²) in [5.74, 6) is 0. The van der Waals surface area contributed by atoms with Crippen molar-refractivity contribution < 1.29 is 8.42 Å². The summed E-state index contributed by atoms with van der Waals surface area (Å²) in [6.45, 7) is 3.48. The molecule has 0 unspecified atom stereocenters. The van der Waals surface area contributed by atoms with Crippen LogP contribution in [0.1, 0.15) is 11.4 Å². The van der Waals surface area contributed by atoms with E-state index in [1.54, 1.807) is 44.3 Å². The Morgan fingerprint density at radius 3 is 2.55 bits per heavy atom. The van der Waals surface area contributed by atoms with Gasteiger partial charge in [-0.05, 0) is 32.0 Å². The maximum Gasteiger partial charge on any atom is 0.285 e. The van der Waals surface area contributed by atoms with E-state index in [0.717, 1.165) is 9.47 Å². The lowest BCUT2D eigenvalue weighted by molar-refractivity contribution is 0.578. The van der Waals surface area contributed by atoms with E-state index in [9.17, 15) is 8.42 Å². The molecule has 2 heterocycles. The number of aryl methyl sites for hydroxylation is 2. The number of rotatable bonds is 2. The molecule has 0 aliphatic carbocycles. The lowest BCUT2D eigenvalue weighted by atomic mass is 10.2. The second kappa shape index (κ2) is 4.42. The van der Waals surface area contributed by atoms with Gasteiger partial charge in [0.15, 0.2) is 0 Å². The van der Waals surface area contributed by atoms with Crippen LogP contribution in [-0.2, 0) is 10.0 Å². The summed E-state index contributed by atoms with van der Waals surface area (Å²) < 4.78 is 26.5. The molecule has 3 aromatic rings. The van der Waals surface area contributed by atoms with Crippen LogP contribution >= 0.6 is 0 Å². The number of hydrogen-bond donors (Lipinski definition) is 0. The molecule has 0 spiro atoms. The fraction of sp³-hybridized carbons (Fsp3) is 0.143. The normalized spacial score (nSPS) is 11.9. The fourth-order valence-corrected chi connectivity index (χ4v) is 3.75. The van der Waals surface area contributed by atoms with Crippen molar-refractivity contribution in [2.75, 3.05) is 0 Å². The lowest BCUT2D eigenvalue weighted by Gasteiger charge is -2.08. The van der Waals surface area contributed by atoms with Gasteiger partial charge in [0, 0.05) is 11.6 Å². The summed E-state index contributed by atoms with van der Waals surface area (Å²) in [6.07, 6.45) is 1.59. The van der Waals surface area contributed by atoms with Crippen LogP contribution in [0.5, 0.6) is 0 Å². The molecule has 20 heavy (non-hydrogen) atoms. The molecule has 2 aromatic heterocycles. The van der Waals surface area contributed by atoms with Gasteiger partial charge in [-0.3, -0.25) is 4.98 Å². The smallest absolute Gasteiger partial charge is 0.255 e. The molecule has 5 nitrogen and oxygen atoms in total. The highest BCUT2D eigenvalue weighted by Gasteiger charge is 2.23. The van der Waals surface area contributed by atoms with E-state index < -0.39 is 10.0 Å². The first-order chi connectivity index (χ1) is 9.50. The number of fused-ring (bicyclic) bond motifs is 1. The maximum atomic E-state index is 12.7. The zero-order valence-corrected chi connectivity index (χ0v) is 11.9. The predicted molar refractivity (Wildman–Crippen MR) is 76.0 cm³/mol. The van der Waals surface area contributed by atoms with Crippen molar-refractivity contribution in [3.05, 3.63) is 54.0 Å². The standard InChI is InChI=1S/C14H13N3O2S/c1-10-9-11(2)17(16-10)20(18,19)13-7-3-5-12-6-4-8-15-14(12)13/h3-9H,1-2H3. The van der Waals surface area contributed by atoms with Gasteiger partial charge in [0.05, 0.1) is 16.9 Å². The Labute approximate surface area is 116 Å². The van der Waals surface area contributed by atoms with Crippen LogP contribution in [0.15, 0.2) is 47.5 Å². The average molecular weight is 287 g/mol. The van der Waals surface area contributed by atoms with Gasteiger partial charge < -0.3 is 0 Å². The minimum atomic E-state index is -3.73. The highest BCUT2D eigenvalue weighted by atomic mass is 32.2. The molecule has 0 amide bonds. The van der Waals surface area contributed by atoms with E-state index in [4.69, 9.17) is 0 Å². The SMILES string of the molecule is Cc1cc(C)n(S(=O)(=O)c2cccc3cccnc23)n1. The Morgan fingerprint density at radius 2 is 1.85 bits per heavy atom. The first-order valence-corrected chi connectivity index (χ1v) is 7.57. The fourth-order valence-electron chi connectivity index (χ4n) is 2.23. The molecule has 0 saturated heterocycles. The van der Waals surface area contributed by atoms with Crippen LogP contribution in [0.3, 0.4) is 0 Å². The number of nitrogens with zero attached hydrogens (tertiary/aromatic N) is 3. The molecule has 0 N–H and O–H groups in total. The van der Waals surface area contributed by atoms with Crippen molar-refractivity contribution in [1.82, 2.24) is 14.2 Å². The zero-order chi connectivity index (χ0) is 14.3. The second-order valence-corrected chi connectivity index (χ2v) is 6.34. The van der Waals surface area contributed by atoms with E-state index in [1.165, 1.54) is 0 Å². The molecule has 0 atom stereocenters. The molecule has 6 heteroatoms. The van der Waals surface area contributed by atoms with Crippen molar-refractivity contribution in [2.45, 2.75) is 18.7 Å². The zero-order valence-electron chi connectivity index (χ0n) is 11.1. The number of pyridine rings is 1. The summed E-state index contributed by atoms with van der Waals surface area (Å²) in [6, 6.07) is 10.5. The third-order valence-electron chi connectivity index (χ3n) is 3.07. The Hall–Kier alpha value is -2.21. The summed E-state index contributed by atoms with van der Waals surface area (Å²) in [5.41, 5.74) is 1.71. The monoisotopic (exact) mass is 287 g/mol. The summed E-state index contributed by atoms with van der Waals surface area (Å²) in [4.78, 5) is 4.36. The van der Waals surface area contributed by atoms with Gasteiger partial charge in [-0.1, -0.05) is 18.2 Å². The third kappa shape index (κ3) is 1.89. The molecule has 0 fully saturated rings. The first kappa shape index (κ1) is 12.8. The van der Waals surface area contributed by atoms with Gasteiger partial charge in [-0.2, -0.15) is 17.6 Å². The average Bonchev–Trinajstić information content (AvgIpc) is 2.78. The largest absolute Gasteiger partial charge is 0.285 e. The van der Waals surface area contributed by atoms with Gasteiger partial charge >= 0.3 is 0 Å². The molecule has 0 radical (unpaired) electrons. The van der Waals surface area contributed by atoms with Crippen molar-refractivity contribution in [2.24, 2.45) is 0 Å². The summed E-state index contributed by atoms with van der Waals surface area (Å²) >= 11 is 0. The van der Waals surface area contributed by atoms with Crippen LogP contribution in [0.2, 0.25) is 0 Å². The number of para-hydroxylation sites is 1. The molecular weight excluding hydrogens is 274 g/mol. The van der Waals surface area contributed by atoms with Gasteiger partial charge in [-0.25, -0.2) is 0 Å². The van der Waals surface area contributed by atoms with Crippen LogP contribution in [0, 0.1) is 13.8 Å².